The molecule has 0 spiro atoms. The molecule has 3 nitrogen and oxygen atoms in total. The maximum Gasteiger partial charge on any atom is 0.188 e. The first-order chi connectivity index (χ1) is 12.8. The summed E-state index contributed by atoms with van der Waals surface area (Å²) in [6.45, 7) is -0.140. The number of methoxy groups -OCH3 is 1. The van der Waals surface area contributed by atoms with Crippen molar-refractivity contribution in [1.29, 1.82) is 0 Å². The van der Waals surface area contributed by atoms with Crippen LogP contribution in [0.15, 0.2) is 54.1 Å². The third-order valence-electron chi connectivity index (χ3n) is 4.54. The third-order valence-corrected chi connectivity index (χ3v) is 4.54. The van der Waals surface area contributed by atoms with Gasteiger partial charge in [0.15, 0.2) is 6.79 Å². The maximum absolute atomic E-state index is 12.3. The van der Waals surface area contributed by atoms with Gasteiger partial charge in [0, 0.05) is 7.11 Å². The molecule has 0 N–H and O–H groups in total. The van der Waals surface area contributed by atoms with Crippen LogP contribution >= 0.6 is 0 Å². The molecule has 2 aromatic rings. The molecular weight excluding hydrogens is 331 g/mol. The van der Waals surface area contributed by atoms with Crippen LogP contribution in [0.2, 0.25) is 0 Å². The zero-order valence-electron chi connectivity index (χ0n) is 15.2. The number of halogens is 1. The van der Waals surface area contributed by atoms with Crippen molar-refractivity contribution < 1.29 is 18.6 Å². The molecule has 4 heteroatoms. The van der Waals surface area contributed by atoms with E-state index in [1.54, 1.807) is 7.11 Å². The summed E-state index contributed by atoms with van der Waals surface area (Å²) in [5, 5.41) is 0. The summed E-state index contributed by atoms with van der Waals surface area (Å²) in [5.74, 6) is 1.49. The van der Waals surface area contributed by atoms with E-state index >= 15 is 0 Å². The lowest BCUT2D eigenvalue weighted by molar-refractivity contribution is 0.0511. The number of allylic oxidation sites excluding steroid dienone is 1. The van der Waals surface area contributed by atoms with Crippen molar-refractivity contribution in [3.8, 4) is 11.5 Å². The highest BCUT2D eigenvalue weighted by Crippen LogP contribution is 2.37. The van der Waals surface area contributed by atoms with Gasteiger partial charge in [0.2, 0.25) is 0 Å². The quantitative estimate of drug-likeness (QED) is 0.593. The first-order valence-corrected chi connectivity index (χ1v) is 9.05. The van der Waals surface area contributed by atoms with E-state index in [-0.39, 0.29) is 13.4 Å². The summed E-state index contributed by atoms with van der Waals surface area (Å²) < 4.78 is 28.1. The lowest BCUT2D eigenvalue weighted by Crippen LogP contribution is -2.00. The van der Waals surface area contributed by atoms with Crippen molar-refractivity contribution in [2.75, 3.05) is 27.2 Å². The molecule has 0 aromatic heterocycles. The molecule has 0 radical (unpaired) electrons. The third kappa shape index (κ3) is 4.64. The lowest BCUT2D eigenvalue weighted by atomic mass is 9.92. The first-order valence-electron chi connectivity index (χ1n) is 9.05. The molecule has 0 saturated heterocycles. The van der Waals surface area contributed by atoms with Crippen LogP contribution in [0, 0.1) is 0 Å². The van der Waals surface area contributed by atoms with Gasteiger partial charge in [0.05, 0.1) is 0 Å². The topological polar surface area (TPSA) is 27.7 Å². The van der Waals surface area contributed by atoms with Gasteiger partial charge in [-0.3, -0.25) is 0 Å². The molecule has 1 fully saturated rings. The number of ether oxygens (including phenoxy) is 3. The van der Waals surface area contributed by atoms with Crippen LogP contribution in [-0.4, -0.2) is 27.2 Å². The fraction of sp³-hybridized carbons (Fsp3) is 0.364. The Morgan fingerprint density at radius 2 is 1.38 bits per heavy atom. The molecule has 1 aliphatic rings. The van der Waals surface area contributed by atoms with Gasteiger partial charge < -0.3 is 14.2 Å². The lowest BCUT2D eigenvalue weighted by Gasteiger charge is -2.14. The van der Waals surface area contributed by atoms with Crippen LogP contribution in [0.25, 0.3) is 5.57 Å². The molecule has 0 aliphatic heterocycles. The zero-order valence-corrected chi connectivity index (χ0v) is 15.2. The average molecular weight is 356 g/mol. The fourth-order valence-corrected chi connectivity index (χ4v) is 3.35. The van der Waals surface area contributed by atoms with Crippen molar-refractivity contribution in [3.63, 3.8) is 0 Å². The largest absolute Gasteiger partial charge is 0.491 e. The minimum absolute atomic E-state index is 0.0935. The Labute approximate surface area is 154 Å². The minimum Gasteiger partial charge on any atom is -0.491 e. The zero-order chi connectivity index (χ0) is 18.2. The van der Waals surface area contributed by atoms with E-state index in [1.807, 2.05) is 24.3 Å². The molecule has 138 valence electrons. The van der Waals surface area contributed by atoms with Crippen LogP contribution in [-0.2, 0) is 4.74 Å². The van der Waals surface area contributed by atoms with Gasteiger partial charge in [0.25, 0.3) is 0 Å². The normalized spacial score (nSPS) is 13.7. The Bertz CT molecular complexity index is 659. The maximum atomic E-state index is 12.3. The van der Waals surface area contributed by atoms with E-state index in [9.17, 15) is 4.39 Å². The SMILES string of the molecule is COCOc1ccc(C(=C2CCCC2)c2ccc(OCCF)cc2)cc1. The highest BCUT2D eigenvalue weighted by atomic mass is 19.1. The summed E-state index contributed by atoms with van der Waals surface area (Å²) >= 11 is 0. The van der Waals surface area contributed by atoms with Crippen LogP contribution in [0.1, 0.15) is 36.8 Å². The van der Waals surface area contributed by atoms with E-state index < -0.39 is 6.67 Å². The van der Waals surface area contributed by atoms with Crippen molar-refractivity contribution in [2.24, 2.45) is 0 Å². The molecule has 0 heterocycles. The molecule has 1 saturated carbocycles. The minimum atomic E-state index is -0.478. The van der Waals surface area contributed by atoms with E-state index in [4.69, 9.17) is 14.2 Å². The van der Waals surface area contributed by atoms with Crippen LogP contribution in [0.4, 0.5) is 4.39 Å². The summed E-state index contributed by atoms with van der Waals surface area (Å²) in [6, 6.07) is 16.1. The Balaban J connectivity index is 1.88. The predicted octanol–water partition coefficient (Wildman–Crippen LogP) is 5.39. The van der Waals surface area contributed by atoms with Gasteiger partial charge in [-0.15, -0.1) is 0 Å². The monoisotopic (exact) mass is 356 g/mol. The Hall–Kier alpha value is -2.33. The Morgan fingerprint density at radius 3 is 1.88 bits per heavy atom. The van der Waals surface area contributed by atoms with Gasteiger partial charge in [-0.25, -0.2) is 4.39 Å². The van der Waals surface area contributed by atoms with Gasteiger partial charge in [-0.05, 0) is 66.6 Å². The summed E-state index contributed by atoms with van der Waals surface area (Å²) in [5.41, 5.74) is 5.13. The number of hydrogen-bond acceptors (Lipinski definition) is 3. The van der Waals surface area contributed by atoms with Crippen molar-refractivity contribution in [3.05, 3.63) is 65.2 Å². The number of rotatable bonds is 8. The van der Waals surface area contributed by atoms with Crippen LogP contribution in [0.5, 0.6) is 11.5 Å². The van der Waals surface area contributed by atoms with Crippen molar-refractivity contribution in [2.45, 2.75) is 25.7 Å². The number of alkyl halides is 1. The van der Waals surface area contributed by atoms with Crippen molar-refractivity contribution >= 4 is 5.57 Å². The Morgan fingerprint density at radius 1 is 0.846 bits per heavy atom. The standard InChI is InChI=1S/C22H25FO3/c1-24-16-26-21-12-8-19(9-13-21)22(17-4-2-3-5-17)18-6-10-20(11-7-18)25-15-14-23/h6-13H,2-5,14-16H2,1H3. The van der Waals surface area contributed by atoms with Gasteiger partial charge in [-0.1, -0.05) is 29.8 Å². The number of hydrogen-bond donors (Lipinski definition) is 0. The van der Waals surface area contributed by atoms with Gasteiger partial charge >= 0.3 is 0 Å². The summed E-state index contributed by atoms with van der Waals surface area (Å²) in [6.07, 6.45) is 4.76. The predicted molar refractivity (Wildman–Crippen MR) is 101 cm³/mol. The highest BCUT2D eigenvalue weighted by molar-refractivity contribution is 5.82. The second-order valence-electron chi connectivity index (χ2n) is 6.32. The molecule has 0 atom stereocenters. The van der Waals surface area contributed by atoms with Gasteiger partial charge in [-0.2, -0.15) is 0 Å². The fourth-order valence-electron chi connectivity index (χ4n) is 3.35. The molecular formula is C22H25FO3. The van der Waals surface area contributed by atoms with Crippen LogP contribution in [0.3, 0.4) is 0 Å². The first kappa shape index (κ1) is 18.5. The summed E-state index contributed by atoms with van der Waals surface area (Å²) in [4.78, 5) is 0. The molecule has 0 amide bonds. The average Bonchev–Trinajstić information content (AvgIpc) is 3.21. The van der Waals surface area contributed by atoms with E-state index in [2.05, 4.69) is 24.3 Å². The van der Waals surface area contributed by atoms with Crippen molar-refractivity contribution in [1.82, 2.24) is 0 Å². The van der Waals surface area contributed by atoms with E-state index in [0.717, 1.165) is 18.6 Å². The molecule has 0 unspecified atom stereocenters. The van der Waals surface area contributed by atoms with E-state index in [1.165, 1.54) is 35.1 Å². The molecule has 26 heavy (non-hydrogen) atoms. The van der Waals surface area contributed by atoms with Crippen LogP contribution < -0.4 is 9.47 Å². The van der Waals surface area contributed by atoms with E-state index in [0.29, 0.717) is 5.75 Å². The number of benzene rings is 2. The Kier molecular flexibility index (Phi) is 6.67. The molecule has 0 bridgehead atoms. The highest BCUT2D eigenvalue weighted by Gasteiger charge is 2.16. The molecule has 2 aromatic carbocycles. The molecule has 1 aliphatic carbocycles. The summed E-state index contributed by atoms with van der Waals surface area (Å²) in [7, 11) is 1.61. The smallest absolute Gasteiger partial charge is 0.188 e. The second kappa shape index (κ2) is 9.39. The van der Waals surface area contributed by atoms with Gasteiger partial charge in [0.1, 0.15) is 24.8 Å². The molecule has 3 rings (SSSR count). The second-order valence-corrected chi connectivity index (χ2v) is 6.32.